The van der Waals surface area contributed by atoms with Gasteiger partial charge in [0.1, 0.15) is 11.0 Å². The summed E-state index contributed by atoms with van der Waals surface area (Å²) in [4.78, 5) is 21.0. The Morgan fingerprint density at radius 3 is 2.26 bits per heavy atom. The van der Waals surface area contributed by atoms with Crippen molar-refractivity contribution >= 4 is 22.6 Å². The van der Waals surface area contributed by atoms with E-state index in [-0.39, 0.29) is 11.8 Å². The molecule has 0 bridgehead atoms. The second-order valence-corrected chi connectivity index (χ2v) is 11.4. The van der Waals surface area contributed by atoms with Gasteiger partial charge in [0.15, 0.2) is 0 Å². The van der Waals surface area contributed by atoms with Crippen LogP contribution in [0.25, 0.3) is 0 Å². The van der Waals surface area contributed by atoms with Crippen LogP contribution in [0.2, 0.25) is 0 Å². The highest BCUT2D eigenvalue weighted by molar-refractivity contribution is 7.82. The minimum Gasteiger partial charge on any atom is -0.306 e. The van der Waals surface area contributed by atoms with Crippen LogP contribution in [0.5, 0.6) is 0 Å². The number of aromatic nitrogens is 1. The summed E-state index contributed by atoms with van der Waals surface area (Å²) < 4.78 is 10.5. The number of pyridine rings is 1. The van der Waals surface area contributed by atoms with Crippen LogP contribution in [-0.4, -0.2) is 15.1 Å². The van der Waals surface area contributed by atoms with Gasteiger partial charge in [0.25, 0.3) is 0 Å². The highest BCUT2D eigenvalue weighted by Gasteiger charge is 2.46. The average molecular weight is 538 g/mol. The predicted molar refractivity (Wildman–Crippen MR) is 158 cm³/mol. The molecule has 6 rings (SSSR count). The summed E-state index contributed by atoms with van der Waals surface area (Å²) in [6.45, 7) is 2.53. The fraction of sp³-hybridized carbons (Fsp3) is 0.273. The highest BCUT2D eigenvalue weighted by Crippen LogP contribution is 2.49. The number of carbonyl (C=O) groups is 1. The van der Waals surface area contributed by atoms with E-state index in [1.54, 1.807) is 24.3 Å². The van der Waals surface area contributed by atoms with Gasteiger partial charge in [-0.2, -0.15) is 0 Å². The van der Waals surface area contributed by atoms with Gasteiger partial charge < -0.3 is 4.90 Å². The molecule has 0 spiro atoms. The van der Waals surface area contributed by atoms with E-state index in [0.717, 1.165) is 36.3 Å². The Hall–Kier alpha value is -3.61. The molecule has 1 unspecified atom stereocenters. The third kappa shape index (κ3) is 6.88. The number of fused-ring (bicyclic) bond motifs is 1. The van der Waals surface area contributed by atoms with Crippen molar-refractivity contribution < 1.29 is 9.00 Å². The van der Waals surface area contributed by atoms with Gasteiger partial charge in [-0.3, -0.25) is 9.78 Å². The van der Waals surface area contributed by atoms with Crippen LogP contribution in [-0.2, 0) is 35.2 Å². The first-order valence-corrected chi connectivity index (χ1v) is 14.8. The molecule has 3 aromatic carbocycles. The Labute approximate surface area is 233 Å². The molecular formula is C33H35N3O2S. The van der Waals surface area contributed by atoms with E-state index in [1.807, 2.05) is 42.2 Å². The molecule has 39 heavy (non-hydrogen) atoms. The van der Waals surface area contributed by atoms with E-state index in [9.17, 15) is 9.00 Å². The van der Waals surface area contributed by atoms with E-state index in [4.69, 9.17) is 5.14 Å². The standard InChI is InChI=1S/C27H28N2O.C6H7NOS/c1-19-8-7-13-23(28-19)18-29(24-15-14-20-9-5-6-12-22(20)16-24)27(30)26-17-25(26)21-10-3-2-4-11-21;7-9(8)6-4-2-1-3-5-6/h2-4,7-8,10-11,13-16,25-26H,5-6,9,12,17-18H2,1H3;1-5H,7H2/t25-,26+;/m1./s1. The summed E-state index contributed by atoms with van der Waals surface area (Å²) in [6, 6.07) is 32.0. The number of rotatable bonds is 6. The number of amides is 1. The number of anilines is 1. The van der Waals surface area contributed by atoms with Gasteiger partial charge in [-0.1, -0.05) is 60.7 Å². The smallest absolute Gasteiger partial charge is 0.231 e. The van der Waals surface area contributed by atoms with Crippen molar-refractivity contribution in [1.82, 2.24) is 4.98 Å². The van der Waals surface area contributed by atoms with Gasteiger partial charge in [-0.15, -0.1) is 0 Å². The molecule has 4 aromatic rings. The Bertz CT molecular complexity index is 1440. The first kappa shape index (κ1) is 27.0. The Balaban J connectivity index is 0.000000292. The summed E-state index contributed by atoms with van der Waals surface area (Å²) in [5.41, 5.74) is 7.07. The van der Waals surface area contributed by atoms with Gasteiger partial charge in [-0.05, 0) is 98.0 Å². The molecule has 3 atom stereocenters. The molecular weight excluding hydrogens is 502 g/mol. The number of hydrogen-bond acceptors (Lipinski definition) is 3. The maximum Gasteiger partial charge on any atom is 0.231 e. The third-order valence-electron chi connectivity index (χ3n) is 7.49. The molecule has 0 radical (unpaired) electrons. The van der Waals surface area contributed by atoms with E-state index < -0.39 is 11.0 Å². The van der Waals surface area contributed by atoms with Gasteiger partial charge in [0, 0.05) is 17.3 Å². The normalized spacial score (nSPS) is 18.2. The third-order valence-corrected chi connectivity index (χ3v) is 8.22. The fourth-order valence-corrected chi connectivity index (χ4v) is 5.75. The van der Waals surface area contributed by atoms with Crippen LogP contribution in [0, 0.1) is 12.8 Å². The largest absolute Gasteiger partial charge is 0.306 e. The molecule has 2 aliphatic carbocycles. The minimum atomic E-state index is -1.33. The van der Waals surface area contributed by atoms with Crippen LogP contribution in [0.3, 0.4) is 0 Å². The minimum absolute atomic E-state index is 0.0632. The topological polar surface area (TPSA) is 76.3 Å². The fourth-order valence-electron chi connectivity index (χ4n) is 5.33. The van der Waals surface area contributed by atoms with Crippen LogP contribution < -0.4 is 10.0 Å². The molecule has 1 saturated carbocycles. The van der Waals surface area contributed by atoms with E-state index >= 15 is 0 Å². The number of benzene rings is 3. The molecule has 1 heterocycles. The monoisotopic (exact) mass is 537 g/mol. The van der Waals surface area contributed by atoms with Crippen molar-refractivity contribution in [2.45, 2.75) is 56.4 Å². The predicted octanol–water partition coefficient (Wildman–Crippen LogP) is 6.27. The second kappa shape index (κ2) is 12.5. The van der Waals surface area contributed by atoms with Crippen molar-refractivity contribution in [3.63, 3.8) is 0 Å². The molecule has 6 heteroatoms. The molecule has 2 N–H and O–H groups in total. The van der Waals surface area contributed by atoms with E-state index in [0.29, 0.717) is 17.4 Å². The zero-order valence-electron chi connectivity index (χ0n) is 22.3. The second-order valence-electron chi connectivity index (χ2n) is 10.3. The summed E-state index contributed by atoms with van der Waals surface area (Å²) in [7, 11) is -1.33. The summed E-state index contributed by atoms with van der Waals surface area (Å²) in [6.07, 6.45) is 5.71. The summed E-state index contributed by atoms with van der Waals surface area (Å²) >= 11 is 0. The van der Waals surface area contributed by atoms with Crippen LogP contribution in [0.1, 0.15) is 53.3 Å². The maximum atomic E-state index is 13.6. The maximum absolute atomic E-state index is 13.6. The lowest BCUT2D eigenvalue weighted by atomic mass is 9.91. The molecule has 1 aromatic heterocycles. The van der Waals surface area contributed by atoms with Crippen molar-refractivity contribution in [2.75, 3.05) is 4.90 Å². The highest BCUT2D eigenvalue weighted by atomic mass is 32.2. The molecule has 200 valence electrons. The van der Waals surface area contributed by atoms with Crippen LogP contribution >= 0.6 is 0 Å². The molecule has 1 fully saturated rings. The number of hydrogen-bond donors (Lipinski definition) is 1. The van der Waals surface area contributed by atoms with Crippen molar-refractivity contribution in [1.29, 1.82) is 0 Å². The van der Waals surface area contributed by atoms with Crippen LogP contribution in [0.4, 0.5) is 5.69 Å². The van der Waals surface area contributed by atoms with E-state index in [2.05, 4.69) is 47.4 Å². The first-order valence-electron chi connectivity index (χ1n) is 13.6. The van der Waals surface area contributed by atoms with Gasteiger partial charge in [0.05, 0.1) is 17.1 Å². The van der Waals surface area contributed by atoms with E-state index in [1.165, 1.54) is 29.5 Å². The summed E-state index contributed by atoms with van der Waals surface area (Å²) in [5.74, 6) is 0.625. The Kier molecular flexibility index (Phi) is 8.64. The number of nitrogens with zero attached hydrogens (tertiary/aromatic N) is 2. The lowest BCUT2D eigenvalue weighted by Crippen LogP contribution is -2.32. The molecule has 2 aliphatic rings. The molecule has 0 aliphatic heterocycles. The quantitative estimate of drug-likeness (QED) is 0.315. The number of nitrogens with two attached hydrogens (primary N) is 1. The van der Waals surface area contributed by atoms with Gasteiger partial charge >= 0.3 is 0 Å². The summed E-state index contributed by atoms with van der Waals surface area (Å²) in [5, 5.41) is 5.09. The lowest BCUT2D eigenvalue weighted by Gasteiger charge is -2.25. The van der Waals surface area contributed by atoms with Gasteiger partial charge in [0.2, 0.25) is 5.91 Å². The SMILES string of the molecule is Cc1cccc(CN(C(=O)[C@H]2C[C@@H]2c2ccccc2)c2ccc3c(c2)CCCC3)n1.NS(=O)c1ccccc1. The molecule has 5 nitrogen and oxygen atoms in total. The average Bonchev–Trinajstić information content (AvgIpc) is 3.78. The Morgan fingerprint density at radius 2 is 1.59 bits per heavy atom. The van der Waals surface area contributed by atoms with Crippen molar-refractivity contribution in [3.05, 3.63) is 125 Å². The number of aryl methyl sites for hydroxylation is 3. The zero-order chi connectivity index (χ0) is 27.2. The van der Waals surface area contributed by atoms with Crippen molar-refractivity contribution in [2.24, 2.45) is 11.1 Å². The van der Waals surface area contributed by atoms with Crippen LogP contribution in [0.15, 0.2) is 102 Å². The lowest BCUT2D eigenvalue weighted by molar-refractivity contribution is -0.120. The first-order chi connectivity index (χ1) is 19.0. The van der Waals surface area contributed by atoms with Gasteiger partial charge in [-0.25, -0.2) is 9.35 Å². The number of carbonyl (C=O) groups excluding carboxylic acids is 1. The zero-order valence-corrected chi connectivity index (χ0v) is 23.1. The molecule has 1 amide bonds. The Morgan fingerprint density at radius 1 is 0.897 bits per heavy atom. The molecule has 0 saturated heterocycles. The van der Waals surface area contributed by atoms with Crippen molar-refractivity contribution in [3.8, 4) is 0 Å².